The lowest BCUT2D eigenvalue weighted by molar-refractivity contribution is 0.554. The first-order valence-electron chi connectivity index (χ1n) is 4.50. The van der Waals surface area contributed by atoms with Crippen molar-refractivity contribution in [3.05, 3.63) is 43.2 Å². The fraction of sp³-hybridized carbons (Fsp3) is 0.200. The molecule has 0 saturated heterocycles. The first-order chi connectivity index (χ1) is 7.29. The van der Waals surface area contributed by atoms with Crippen LogP contribution in [0.15, 0.2) is 32.1 Å². The van der Waals surface area contributed by atoms with Crippen LogP contribution in [-0.4, -0.2) is 0 Å². The maximum absolute atomic E-state index is 5.57. The zero-order valence-electron chi connectivity index (χ0n) is 7.94. The summed E-state index contributed by atoms with van der Waals surface area (Å²) in [5, 5.41) is 6.37. The fourth-order valence-electron chi connectivity index (χ4n) is 1.42. The summed E-state index contributed by atoms with van der Waals surface area (Å²) in [6.45, 7) is 0. The molecule has 2 aromatic rings. The van der Waals surface area contributed by atoms with Crippen LogP contribution in [0.4, 0.5) is 0 Å². The highest BCUT2D eigenvalue weighted by molar-refractivity contribution is 9.11. The molecule has 5 heteroatoms. The average Bonchev–Trinajstić information content (AvgIpc) is 2.85. The number of rotatable bonds is 4. The highest BCUT2D eigenvalue weighted by Crippen LogP contribution is 2.27. The molecular weight excluding hydrogens is 292 g/mol. The van der Waals surface area contributed by atoms with Gasteiger partial charge in [-0.3, -0.25) is 11.3 Å². The molecule has 2 heterocycles. The summed E-state index contributed by atoms with van der Waals surface area (Å²) in [4.78, 5) is 0. The quantitative estimate of drug-likeness (QED) is 0.672. The largest absolute Gasteiger partial charge is 0.271 e. The van der Waals surface area contributed by atoms with Gasteiger partial charge in [-0.15, -0.1) is 11.3 Å². The fourth-order valence-corrected chi connectivity index (χ4v) is 3.33. The van der Waals surface area contributed by atoms with Crippen molar-refractivity contribution in [3.8, 4) is 0 Å². The van der Waals surface area contributed by atoms with Crippen molar-refractivity contribution in [2.75, 3.05) is 0 Å². The Labute approximate surface area is 105 Å². The second kappa shape index (κ2) is 5.23. The van der Waals surface area contributed by atoms with Gasteiger partial charge in [-0.1, -0.05) is 0 Å². The van der Waals surface area contributed by atoms with Gasteiger partial charge in [0, 0.05) is 0 Å². The predicted octanol–water partition coefficient (Wildman–Crippen LogP) is 3.32. The second-order valence-electron chi connectivity index (χ2n) is 3.24. The topological polar surface area (TPSA) is 38.0 Å². The monoisotopic (exact) mass is 302 g/mol. The minimum absolute atomic E-state index is 0.196. The number of hydrogen-bond donors (Lipinski definition) is 2. The second-order valence-corrected chi connectivity index (χ2v) is 6.31. The summed E-state index contributed by atoms with van der Waals surface area (Å²) in [5.41, 5.74) is 5.42. The maximum atomic E-state index is 5.57. The van der Waals surface area contributed by atoms with Gasteiger partial charge in [0.05, 0.1) is 9.83 Å². The van der Waals surface area contributed by atoms with Gasteiger partial charge >= 0.3 is 0 Å². The van der Waals surface area contributed by atoms with Crippen molar-refractivity contribution >= 4 is 38.6 Å². The molecule has 0 bridgehead atoms. The van der Waals surface area contributed by atoms with Crippen LogP contribution in [-0.2, 0) is 6.42 Å². The van der Waals surface area contributed by atoms with Crippen LogP contribution >= 0.6 is 38.6 Å². The Morgan fingerprint density at radius 1 is 1.47 bits per heavy atom. The Hall–Kier alpha value is -0.200. The molecule has 0 aliphatic rings. The lowest BCUT2D eigenvalue weighted by atomic mass is 10.0. The van der Waals surface area contributed by atoms with Crippen LogP contribution in [0.3, 0.4) is 0 Å². The molecule has 80 valence electrons. The van der Waals surface area contributed by atoms with E-state index in [9.17, 15) is 0 Å². The minimum atomic E-state index is 0.196. The van der Waals surface area contributed by atoms with Crippen LogP contribution < -0.4 is 11.3 Å². The van der Waals surface area contributed by atoms with E-state index in [2.05, 4.69) is 49.6 Å². The summed E-state index contributed by atoms with van der Waals surface area (Å²) >= 11 is 6.86. The number of hydrazine groups is 1. The molecule has 0 radical (unpaired) electrons. The van der Waals surface area contributed by atoms with E-state index in [0.717, 1.165) is 10.2 Å². The lowest BCUT2D eigenvalue weighted by Crippen LogP contribution is -2.29. The summed E-state index contributed by atoms with van der Waals surface area (Å²) in [7, 11) is 0. The van der Waals surface area contributed by atoms with Gasteiger partial charge in [0.15, 0.2) is 0 Å². The number of halogens is 1. The van der Waals surface area contributed by atoms with E-state index in [1.54, 1.807) is 22.7 Å². The van der Waals surface area contributed by atoms with Crippen LogP contribution in [0.5, 0.6) is 0 Å². The van der Waals surface area contributed by atoms with Gasteiger partial charge in [-0.25, -0.2) is 0 Å². The molecule has 15 heavy (non-hydrogen) atoms. The molecule has 0 aliphatic carbocycles. The van der Waals surface area contributed by atoms with Crippen molar-refractivity contribution in [3.63, 3.8) is 0 Å². The summed E-state index contributed by atoms with van der Waals surface area (Å²) in [6.07, 6.45) is 0.934. The van der Waals surface area contributed by atoms with Crippen molar-refractivity contribution in [1.82, 2.24) is 5.43 Å². The summed E-state index contributed by atoms with van der Waals surface area (Å²) in [6, 6.07) is 4.44. The first-order valence-corrected chi connectivity index (χ1v) is 7.12. The summed E-state index contributed by atoms with van der Waals surface area (Å²) in [5.74, 6) is 5.57. The third kappa shape index (κ3) is 2.89. The van der Waals surface area contributed by atoms with Crippen LogP contribution in [0.25, 0.3) is 0 Å². The Morgan fingerprint density at radius 2 is 2.33 bits per heavy atom. The number of thiophene rings is 2. The maximum Gasteiger partial charge on any atom is 0.0701 e. The molecule has 1 atom stereocenters. The van der Waals surface area contributed by atoms with Crippen molar-refractivity contribution < 1.29 is 0 Å². The van der Waals surface area contributed by atoms with Gasteiger partial charge in [0.25, 0.3) is 0 Å². The molecule has 2 aromatic heterocycles. The average molecular weight is 303 g/mol. The van der Waals surface area contributed by atoms with Crippen LogP contribution in [0.1, 0.15) is 17.2 Å². The van der Waals surface area contributed by atoms with E-state index in [0.29, 0.717) is 0 Å². The van der Waals surface area contributed by atoms with E-state index < -0.39 is 0 Å². The first kappa shape index (κ1) is 11.3. The molecule has 1 unspecified atom stereocenters. The number of nitrogens with one attached hydrogen (secondary N) is 1. The standard InChI is InChI=1S/C10H11BrN2S2/c11-10-4-8(6-15-10)9(13-12)3-7-1-2-14-5-7/h1-2,4-6,9,13H,3,12H2. The minimum Gasteiger partial charge on any atom is -0.271 e. The molecular formula is C10H11BrN2S2. The van der Waals surface area contributed by atoms with Gasteiger partial charge in [0.1, 0.15) is 0 Å². The van der Waals surface area contributed by atoms with E-state index in [4.69, 9.17) is 5.84 Å². The Morgan fingerprint density at radius 3 is 2.87 bits per heavy atom. The molecule has 0 aromatic carbocycles. The Bertz CT molecular complexity index is 411. The molecule has 2 rings (SSSR count). The molecule has 0 amide bonds. The highest BCUT2D eigenvalue weighted by Gasteiger charge is 2.12. The zero-order chi connectivity index (χ0) is 10.7. The van der Waals surface area contributed by atoms with E-state index in [-0.39, 0.29) is 6.04 Å². The summed E-state index contributed by atoms with van der Waals surface area (Å²) < 4.78 is 1.14. The van der Waals surface area contributed by atoms with Gasteiger partial charge in [-0.2, -0.15) is 11.3 Å². The van der Waals surface area contributed by atoms with E-state index in [1.165, 1.54) is 11.1 Å². The van der Waals surface area contributed by atoms with Crippen molar-refractivity contribution in [2.45, 2.75) is 12.5 Å². The predicted molar refractivity (Wildman–Crippen MR) is 70.1 cm³/mol. The normalized spacial score (nSPS) is 12.9. The van der Waals surface area contributed by atoms with Gasteiger partial charge in [-0.05, 0) is 61.8 Å². The van der Waals surface area contributed by atoms with Crippen molar-refractivity contribution in [2.24, 2.45) is 5.84 Å². The third-order valence-electron chi connectivity index (χ3n) is 2.21. The van der Waals surface area contributed by atoms with Gasteiger partial charge < -0.3 is 0 Å². The smallest absolute Gasteiger partial charge is 0.0701 e. The molecule has 2 nitrogen and oxygen atoms in total. The molecule has 0 saturated carbocycles. The lowest BCUT2D eigenvalue weighted by Gasteiger charge is -2.13. The van der Waals surface area contributed by atoms with Crippen LogP contribution in [0, 0.1) is 0 Å². The van der Waals surface area contributed by atoms with Crippen molar-refractivity contribution in [1.29, 1.82) is 0 Å². The Balaban J connectivity index is 2.11. The molecule has 3 N–H and O–H groups in total. The Kier molecular flexibility index (Phi) is 3.93. The van der Waals surface area contributed by atoms with Crippen LogP contribution in [0.2, 0.25) is 0 Å². The number of nitrogens with two attached hydrogens (primary N) is 1. The van der Waals surface area contributed by atoms with E-state index >= 15 is 0 Å². The van der Waals surface area contributed by atoms with E-state index in [1.807, 2.05) is 0 Å². The zero-order valence-corrected chi connectivity index (χ0v) is 11.2. The molecule has 0 fully saturated rings. The number of hydrogen-bond acceptors (Lipinski definition) is 4. The SMILES string of the molecule is NNC(Cc1ccsc1)c1csc(Br)c1. The highest BCUT2D eigenvalue weighted by atomic mass is 79.9. The third-order valence-corrected chi connectivity index (χ3v) is 4.47. The molecule has 0 aliphatic heterocycles. The molecule has 0 spiro atoms. The van der Waals surface area contributed by atoms with Gasteiger partial charge in [0.2, 0.25) is 0 Å².